The van der Waals surface area contributed by atoms with Gasteiger partial charge in [-0.25, -0.2) is 0 Å². The Balaban J connectivity index is 2.78. The predicted octanol–water partition coefficient (Wildman–Crippen LogP) is 4.73. The molecule has 88 valence electrons. The fraction of sp³-hybridized carbons (Fsp3) is 0.333. The van der Waals surface area contributed by atoms with Crippen molar-refractivity contribution in [2.75, 3.05) is 0 Å². The van der Waals surface area contributed by atoms with Gasteiger partial charge in [-0.1, -0.05) is 43.8 Å². The van der Waals surface area contributed by atoms with Crippen molar-refractivity contribution in [3.63, 3.8) is 0 Å². The molecule has 4 heteroatoms. The fourth-order valence-corrected chi connectivity index (χ4v) is 2.17. The Morgan fingerprint density at radius 2 is 1.88 bits per heavy atom. The molecule has 0 radical (unpaired) electrons. The van der Waals surface area contributed by atoms with E-state index in [9.17, 15) is 13.2 Å². The zero-order valence-corrected chi connectivity index (χ0v) is 9.74. The Bertz CT molecular complexity index is 343. The molecular weight excluding hydrogens is 233 g/mol. The fourth-order valence-electron chi connectivity index (χ4n) is 1.40. The molecule has 0 amide bonds. The Kier molecular flexibility index (Phi) is 4.47. The van der Waals surface area contributed by atoms with Gasteiger partial charge >= 0.3 is 5.51 Å². The van der Waals surface area contributed by atoms with E-state index in [4.69, 9.17) is 0 Å². The summed E-state index contributed by atoms with van der Waals surface area (Å²) in [6.45, 7) is 5.49. The van der Waals surface area contributed by atoms with E-state index in [2.05, 4.69) is 6.58 Å². The van der Waals surface area contributed by atoms with Crippen LogP contribution in [0.3, 0.4) is 0 Å². The molecule has 0 saturated heterocycles. The van der Waals surface area contributed by atoms with Crippen molar-refractivity contribution in [3.05, 3.63) is 42.5 Å². The van der Waals surface area contributed by atoms with Gasteiger partial charge in [-0.15, -0.1) is 0 Å². The first-order valence-corrected chi connectivity index (χ1v) is 5.80. The van der Waals surface area contributed by atoms with Gasteiger partial charge in [-0.05, 0) is 29.3 Å². The van der Waals surface area contributed by atoms with Crippen molar-refractivity contribution in [1.82, 2.24) is 0 Å². The maximum absolute atomic E-state index is 12.3. The number of alkyl halides is 3. The smallest absolute Gasteiger partial charge is 0.160 e. The zero-order chi connectivity index (χ0) is 12.2. The van der Waals surface area contributed by atoms with Gasteiger partial charge in [0.25, 0.3) is 0 Å². The molecule has 0 nitrogen and oxygen atoms in total. The van der Waals surface area contributed by atoms with Gasteiger partial charge < -0.3 is 0 Å². The number of hydrogen-bond acceptors (Lipinski definition) is 1. The van der Waals surface area contributed by atoms with Crippen LogP contribution in [0.5, 0.6) is 0 Å². The summed E-state index contributed by atoms with van der Waals surface area (Å²) < 4.78 is 36.9. The van der Waals surface area contributed by atoms with E-state index < -0.39 is 10.8 Å². The summed E-state index contributed by atoms with van der Waals surface area (Å²) in [6.07, 6.45) is 0.415. The molecule has 0 aliphatic carbocycles. The third kappa shape index (κ3) is 3.93. The summed E-state index contributed by atoms with van der Waals surface area (Å²) in [5.41, 5.74) is -2.91. The minimum atomic E-state index is -4.21. The van der Waals surface area contributed by atoms with Gasteiger partial charge in [-0.3, -0.25) is 0 Å². The SMILES string of the molecule is C=C(c1ccccc1)[C@H](CC)SC(F)(F)F. The predicted molar refractivity (Wildman–Crippen MR) is 63.2 cm³/mol. The largest absolute Gasteiger partial charge is 0.442 e. The Morgan fingerprint density at radius 3 is 2.31 bits per heavy atom. The first-order valence-electron chi connectivity index (χ1n) is 4.93. The summed E-state index contributed by atoms with van der Waals surface area (Å²) in [5, 5.41) is -0.609. The van der Waals surface area contributed by atoms with Crippen LogP contribution in [0.25, 0.3) is 5.57 Å². The van der Waals surface area contributed by atoms with Gasteiger partial charge in [0.05, 0.1) is 0 Å². The van der Waals surface area contributed by atoms with E-state index in [0.717, 1.165) is 5.56 Å². The summed E-state index contributed by atoms with van der Waals surface area (Å²) >= 11 is 0.00526. The van der Waals surface area contributed by atoms with Crippen LogP contribution in [0.2, 0.25) is 0 Å². The van der Waals surface area contributed by atoms with Crippen LogP contribution in [0.4, 0.5) is 13.2 Å². The number of benzene rings is 1. The molecule has 0 aliphatic heterocycles. The monoisotopic (exact) mass is 246 g/mol. The average molecular weight is 246 g/mol. The molecule has 1 atom stereocenters. The Hall–Kier alpha value is -0.900. The van der Waals surface area contributed by atoms with Crippen LogP contribution in [0.1, 0.15) is 18.9 Å². The van der Waals surface area contributed by atoms with Crippen molar-refractivity contribution in [2.24, 2.45) is 0 Å². The summed E-state index contributed by atoms with van der Waals surface area (Å²) in [6, 6.07) is 8.98. The Morgan fingerprint density at radius 1 is 1.31 bits per heavy atom. The molecule has 0 bridgehead atoms. The lowest BCUT2D eigenvalue weighted by Gasteiger charge is -2.19. The highest BCUT2D eigenvalue weighted by atomic mass is 32.2. The van der Waals surface area contributed by atoms with E-state index in [-0.39, 0.29) is 11.8 Å². The lowest BCUT2D eigenvalue weighted by Crippen LogP contribution is -2.12. The highest BCUT2D eigenvalue weighted by molar-refractivity contribution is 8.01. The van der Waals surface area contributed by atoms with Crippen LogP contribution in [0.15, 0.2) is 36.9 Å². The van der Waals surface area contributed by atoms with Crippen molar-refractivity contribution < 1.29 is 13.2 Å². The van der Waals surface area contributed by atoms with Crippen LogP contribution in [-0.2, 0) is 0 Å². The molecule has 0 saturated carbocycles. The molecule has 0 fully saturated rings. The Labute approximate surface area is 97.6 Å². The van der Waals surface area contributed by atoms with E-state index in [1.165, 1.54) is 0 Å². The molecule has 0 aromatic heterocycles. The van der Waals surface area contributed by atoms with E-state index in [1.807, 2.05) is 6.07 Å². The first-order chi connectivity index (χ1) is 7.44. The third-order valence-corrected chi connectivity index (χ3v) is 3.35. The summed E-state index contributed by atoms with van der Waals surface area (Å²) in [4.78, 5) is 0. The van der Waals surface area contributed by atoms with Crippen LogP contribution < -0.4 is 0 Å². The number of thioether (sulfide) groups is 1. The average Bonchev–Trinajstić information content (AvgIpc) is 2.25. The van der Waals surface area contributed by atoms with E-state index >= 15 is 0 Å². The van der Waals surface area contributed by atoms with Gasteiger partial charge in [0, 0.05) is 5.25 Å². The molecule has 1 rings (SSSR count). The van der Waals surface area contributed by atoms with Crippen LogP contribution in [0, 0.1) is 0 Å². The van der Waals surface area contributed by atoms with E-state index in [1.54, 1.807) is 31.2 Å². The zero-order valence-electron chi connectivity index (χ0n) is 8.92. The molecule has 0 spiro atoms. The molecule has 16 heavy (non-hydrogen) atoms. The minimum Gasteiger partial charge on any atom is -0.160 e. The maximum atomic E-state index is 12.3. The lowest BCUT2D eigenvalue weighted by atomic mass is 10.0. The molecule has 1 aromatic carbocycles. The van der Waals surface area contributed by atoms with Gasteiger partial charge in [0.15, 0.2) is 0 Å². The highest BCUT2D eigenvalue weighted by Gasteiger charge is 2.33. The third-order valence-electron chi connectivity index (χ3n) is 2.18. The van der Waals surface area contributed by atoms with Crippen molar-refractivity contribution >= 4 is 17.3 Å². The normalized spacial score (nSPS) is 13.5. The molecule has 1 aromatic rings. The first kappa shape index (κ1) is 13.2. The standard InChI is InChI=1S/C12H13F3S/c1-3-11(16-12(13,14)15)9(2)10-7-5-4-6-8-10/h4-8,11H,2-3H2,1H3/t11-/m0/s1. The second-order valence-corrected chi connectivity index (χ2v) is 4.62. The second kappa shape index (κ2) is 5.43. The van der Waals surface area contributed by atoms with Gasteiger partial charge in [0.2, 0.25) is 0 Å². The summed E-state index contributed by atoms with van der Waals surface area (Å²) in [7, 11) is 0. The molecule has 0 aliphatic rings. The topological polar surface area (TPSA) is 0 Å². The molecular formula is C12H13F3S. The van der Waals surface area contributed by atoms with Crippen LogP contribution in [-0.4, -0.2) is 10.8 Å². The lowest BCUT2D eigenvalue weighted by molar-refractivity contribution is -0.0331. The molecule has 0 N–H and O–H groups in total. The van der Waals surface area contributed by atoms with Crippen molar-refractivity contribution in [1.29, 1.82) is 0 Å². The van der Waals surface area contributed by atoms with Gasteiger partial charge in [-0.2, -0.15) is 13.2 Å². The molecule has 0 heterocycles. The quantitative estimate of drug-likeness (QED) is 0.740. The van der Waals surface area contributed by atoms with Gasteiger partial charge in [0.1, 0.15) is 0 Å². The van der Waals surface area contributed by atoms with Crippen molar-refractivity contribution in [3.8, 4) is 0 Å². The number of rotatable bonds is 4. The second-order valence-electron chi connectivity index (χ2n) is 3.35. The van der Waals surface area contributed by atoms with E-state index in [0.29, 0.717) is 12.0 Å². The highest BCUT2D eigenvalue weighted by Crippen LogP contribution is 2.40. The summed E-state index contributed by atoms with van der Waals surface area (Å²) in [5.74, 6) is 0. The van der Waals surface area contributed by atoms with Crippen LogP contribution >= 0.6 is 11.8 Å². The number of halogens is 3. The minimum absolute atomic E-state index is 0.00526. The molecule has 0 unspecified atom stereocenters. The number of hydrogen-bond donors (Lipinski definition) is 0. The maximum Gasteiger partial charge on any atom is 0.442 e. The van der Waals surface area contributed by atoms with Crippen molar-refractivity contribution in [2.45, 2.75) is 24.1 Å².